The van der Waals surface area contributed by atoms with E-state index in [1.165, 1.54) is 12.1 Å². The average Bonchev–Trinajstić information content (AvgIpc) is 2.62. The minimum atomic E-state index is -0.269. The second-order valence-corrected chi connectivity index (χ2v) is 6.14. The van der Waals surface area contributed by atoms with Crippen LogP contribution in [0.4, 0.5) is 4.39 Å². The molecule has 0 saturated carbocycles. The van der Waals surface area contributed by atoms with Crippen molar-refractivity contribution in [2.45, 2.75) is 33.6 Å². The van der Waals surface area contributed by atoms with Gasteiger partial charge in [0, 0.05) is 17.1 Å². The van der Waals surface area contributed by atoms with Crippen LogP contribution >= 0.6 is 11.6 Å². The van der Waals surface area contributed by atoms with Gasteiger partial charge in [-0.1, -0.05) is 37.6 Å². The first-order valence-electron chi connectivity index (χ1n) is 8.59. The van der Waals surface area contributed by atoms with Crippen molar-refractivity contribution in [2.75, 3.05) is 6.54 Å². The number of amides is 1. The first-order chi connectivity index (χ1) is 12.0. The standard InChI is InChI=1S/C19H17ClFNO.C2H6/c1-12-15(9-14-3-2-8-22-19(14)23)10-16(20)11-18(12)13-4-6-17(21)7-5-13;1-2/h4-7,9-11H,2-3,8H2,1H3,(H,22,23);1-2H3/b14-9+;. The lowest BCUT2D eigenvalue weighted by molar-refractivity contribution is -0.118. The van der Waals surface area contributed by atoms with Crippen LogP contribution in [0.1, 0.15) is 37.8 Å². The fraction of sp³-hybridized carbons (Fsp3) is 0.286. The molecular weight excluding hydrogens is 337 g/mol. The Morgan fingerprint density at radius 1 is 1.16 bits per heavy atom. The summed E-state index contributed by atoms with van der Waals surface area (Å²) in [4.78, 5) is 11.9. The van der Waals surface area contributed by atoms with Crippen LogP contribution in [0.15, 0.2) is 42.0 Å². The van der Waals surface area contributed by atoms with E-state index in [1.54, 1.807) is 12.1 Å². The summed E-state index contributed by atoms with van der Waals surface area (Å²) in [6.45, 7) is 6.72. The van der Waals surface area contributed by atoms with E-state index < -0.39 is 0 Å². The van der Waals surface area contributed by atoms with Gasteiger partial charge in [0.15, 0.2) is 0 Å². The molecule has 0 atom stereocenters. The molecule has 1 amide bonds. The third kappa shape index (κ3) is 4.70. The molecule has 2 nitrogen and oxygen atoms in total. The smallest absolute Gasteiger partial charge is 0.247 e. The highest BCUT2D eigenvalue weighted by atomic mass is 35.5. The fourth-order valence-electron chi connectivity index (χ4n) is 2.81. The Labute approximate surface area is 153 Å². The van der Waals surface area contributed by atoms with Crippen molar-refractivity contribution in [2.24, 2.45) is 0 Å². The molecule has 132 valence electrons. The third-order valence-corrected chi connectivity index (χ3v) is 4.32. The Kier molecular flexibility index (Phi) is 6.77. The number of rotatable bonds is 2. The van der Waals surface area contributed by atoms with Crippen molar-refractivity contribution >= 4 is 23.6 Å². The van der Waals surface area contributed by atoms with Crippen molar-refractivity contribution in [1.82, 2.24) is 5.32 Å². The molecule has 1 aliphatic rings. The number of hydrogen-bond donors (Lipinski definition) is 1. The van der Waals surface area contributed by atoms with Crippen molar-refractivity contribution in [3.05, 3.63) is 63.9 Å². The molecule has 25 heavy (non-hydrogen) atoms. The lowest BCUT2D eigenvalue weighted by atomic mass is 9.94. The maximum Gasteiger partial charge on any atom is 0.247 e. The van der Waals surface area contributed by atoms with Gasteiger partial charge in [-0.3, -0.25) is 4.79 Å². The number of hydrogen-bond acceptors (Lipinski definition) is 1. The van der Waals surface area contributed by atoms with Crippen LogP contribution in [0.25, 0.3) is 17.2 Å². The zero-order chi connectivity index (χ0) is 18.4. The molecule has 1 fully saturated rings. The summed E-state index contributed by atoms with van der Waals surface area (Å²) in [5.74, 6) is -0.284. The molecule has 0 unspecified atom stereocenters. The number of halogens is 2. The molecule has 1 heterocycles. The molecule has 0 spiro atoms. The molecular formula is C21H23ClFNO. The Balaban J connectivity index is 0.00000109. The average molecular weight is 360 g/mol. The van der Waals surface area contributed by atoms with Crippen molar-refractivity contribution in [1.29, 1.82) is 0 Å². The zero-order valence-electron chi connectivity index (χ0n) is 14.8. The van der Waals surface area contributed by atoms with E-state index in [9.17, 15) is 9.18 Å². The summed E-state index contributed by atoms with van der Waals surface area (Å²) >= 11 is 6.25. The maximum atomic E-state index is 13.1. The fourth-order valence-corrected chi connectivity index (χ4v) is 3.04. The minimum absolute atomic E-state index is 0.0149. The minimum Gasteiger partial charge on any atom is -0.352 e. The predicted molar refractivity (Wildman–Crippen MR) is 103 cm³/mol. The second kappa shape index (κ2) is 8.82. The van der Waals surface area contributed by atoms with Gasteiger partial charge in [-0.2, -0.15) is 0 Å². The molecule has 1 N–H and O–H groups in total. The predicted octanol–water partition coefficient (Wildman–Crippen LogP) is 5.77. The Hall–Kier alpha value is -2.13. The van der Waals surface area contributed by atoms with Crippen LogP contribution in [-0.2, 0) is 4.79 Å². The van der Waals surface area contributed by atoms with Crippen molar-refractivity contribution in [3.63, 3.8) is 0 Å². The molecule has 3 rings (SSSR count). The summed E-state index contributed by atoms with van der Waals surface area (Å²) in [6.07, 6.45) is 3.62. The third-order valence-electron chi connectivity index (χ3n) is 4.10. The maximum absolute atomic E-state index is 13.1. The number of piperidine rings is 1. The van der Waals surface area contributed by atoms with Gasteiger partial charge in [0.25, 0.3) is 0 Å². The van der Waals surface area contributed by atoms with E-state index in [-0.39, 0.29) is 11.7 Å². The first-order valence-corrected chi connectivity index (χ1v) is 8.97. The van der Waals surface area contributed by atoms with Gasteiger partial charge < -0.3 is 5.32 Å². The molecule has 1 saturated heterocycles. The molecule has 0 aliphatic carbocycles. The van der Waals surface area contributed by atoms with Crippen LogP contribution in [-0.4, -0.2) is 12.5 Å². The van der Waals surface area contributed by atoms with Crippen LogP contribution in [0.2, 0.25) is 5.02 Å². The van der Waals surface area contributed by atoms with E-state index in [4.69, 9.17) is 11.6 Å². The number of carbonyl (C=O) groups excluding carboxylic acids is 1. The number of nitrogens with one attached hydrogen (secondary N) is 1. The topological polar surface area (TPSA) is 29.1 Å². The molecule has 2 aromatic carbocycles. The normalized spacial score (nSPS) is 15.4. The van der Waals surface area contributed by atoms with Gasteiger partial charge in [0.1, 0.15) is 5.82 Å². The lowest BCUT2D eigenvalue weighted by Crippen LogP contribution is -2.30. The molecule has 2 aromatic rings. The summed E-state index contributed by atoms with van der Waals surface area (Å²) < 4.78 is 13.1. The summed E-state index contributed by atoms with van der Waals surface area (Å²) in [7, 11) is 0. The Morgan fingerprint density at radius 3 is 2.48 bits per heavy atom. The van der Waals surface area contributed by atoms with Gasteiger partial charge in [0.05, 0.1) is 0 Å². The lowest BCUT2D eigenvalue weighted by Gasteiger charge is -2.16. The van der Waals surface area contributed by atoms with E-state index in [0.29, 0.717) is 5.02 Å². The van der Waals surface area contributed by atoms with E-state index >= 15 is 0 Å². The van der Waals surface area contributed by atoms with Crippen LogP contribution in [0, 0.1) is 12.7 Å². The van der Waals surface area contributed by atoms with Crippen molar-refractivity contribution < 1.29 is 9.18 Å². The summed E-state index contributed by atoms with van der Waals surface area (Å²) in [5.41, 5.74) is 4.56. The quantitative estimate of drug-likeness (QED) is 0.677. The largest absolute Gasteiger partial charge is 0.352 e. The zero-order valence-corrected chi connectivity index (χ0v) is 15.6. The first kappa shape index (κ1) is 19.2. The molecule has 1 aliphatic heterocycles. The molecule has 0 bridgehead atoms. The van der Waals surface area contributed by atoms with Gasteiger partial charge in [-0.15, -0.1) is 0 Å². The monoisotopic (exact) mass is 359 g/mol. The second-order valence-electron chi connectivity index (χ2n) is 5.70. The highest BCUT2D eigenvalue weighted by Crippen LogP contribution is 2.31. The molecule has 4 heteroatoms. The van der Waals surface area contributed by atoms with Gasteiger partial charge in [-0.05, 0) is 72.4 Å². The number of carbonyl (C=O) groups is 1. The van der Waals surface area contributed by atoms with Crippen LogP contribution in [0.3, 0.4) is 0 Å². The SMILES string of the molecule is CC.Cc1c(/C=C2\CCCNC2=O)cc(Cl)cc1-c1ccc(F)cc1. The van der Waals surface area contributed by atoms with E-state index in [0.717, 1.165) is 47.2 Å². The van der Waals surface area contributed by atoms with Crippen molar-refractivity contribution in [3.8, 4) is 11.1 Å². The van der Waals surface area contributed by atoms with E-state index in [1.807, 2.05) is 39.0 Å². The highest BCUT2D eigenvalue weighted by Gasteiger charge is 2.15. The molecule has 0 aromatic heterocycles. The van der Waals surface area contributed by atoms with E-state index in [2.05, 4.69) is 5.32 Å². The van der Waals surface area contributed by atoms with Crippen LogP contribution < -0.4 is 5.32 Å². The Bertz CT molecular complexity index is 781. The number of benzene rings is 2. The van der Waals surface area contributed by atoms with Gasteiger partial charge in [-0.25, -0.2) is 4.39 Å². The van der Waals surface area contributed by atoms with Gasteiger partial charge >= 0.3 is 0 Å². The summed E-state index contributed by atoms with van der Waals surface area (Å²) in [6, 6.07) is 10.1. The van der Waals surface area contributed by atoms with Crippen LogP contribution in [0.5, 0.6) is 0 Å². The highest BCUT2D eigenvalue weighted by molar-refractivity contribution is 6.31. The Morgan fingerprint density at radius 2 is 1.84 bits per heavy atom. The summed E-state index contributed by atoms with van der Waals surface area (Å²) in [5, 5.41) is 3.45. The van der Waals surface area contributed by atoms with Gasteiger partial charge in [0.2, 0.25) is 5.91 Å². The molecule has 0 radical (unpaired) electrons.